The topological polar surface area (TPSA) is 111 Å². The lowest BCUT2D eigenvalue weighted by atomic mass is 9.88. The van der Waals surface area contributed by atoms with Crippen molar-refractivity contribution < 1.29 is 56.8 Å². The summed E-state index contributed by atoms with van der Waals surface area (Å²) in [6.07, 6.45) is 0.547. The van der Waals surface area contributed by atoms with Crippen molar-refractivity contribution in [2.24, 2.45) is 5.92 Å². The van der Waals surface area contributed by atoms with Crippen molar-refractivity contribution in [3.63, 3.8) is 0 Å². The lowest BCUT2D eigenvalue weighted by Gasteiger charge is -2.28. The van der Waals surface area contributed by atoms with E-state index >= 15 is 0 Å². The molecule has 0 aliphatic carbocycles. The average Bonchev–Trinajstić information content (AvgIpc) is 4.16. The van der Waals surface area contributed by atoms with Crippen molar-refractivity contribution in [3.05, 3.63) is 31.0 Å². The molecular weight excluding hydrogens is 913 g/mol. The Kier molecular flexibility index (Phi) is 10.3. The maximum Gasteiger partial charge on any atom is 0.181 e. The molecular formula is C44H46O12S6. The SMILES string of the molecule is CCC(C)(C)c1sc(C2=C3OCCOC3C(c3sc(-c4sc(-c5sc(C6=C7OCCOC7C(C(C)C)S6)c6c5OCCO6)c5c4OCCO5)c4c3OCCO4)S2)c2c1OCCO2. The predicted molar refractivity (Wildman–Crippen MR) is 244 cm³/mol. The van der Waals surface area contributed by atoms with Gasteiger partial charge in [0, 0.05) is 10.7 Å². The molecule has 0 saturated carbocycles. The predicted octanol–water partition coefficient (Wildman–Crippen LogP) is 10.5. The quantitative estimate of drug-likeness (QED) is 0.167. The third-order valence-electron chi connectivity index (χ3n) is 12.2. The number of thioether (sulfide) groups is 2. The minimum atomic E-state index is -0.326. The van der Waals surface area contributed by atoms with Gasteiger partial charge in [-0.3, -0.25) is 0 Å². The number of fused-ring (bicyclic) bond motifs is 6. The van der Waals surface area contributed by atoms with Gasteiger partial charge in [-0.2, -0.15) is 0 Å². The third kappa shape index (κ3) is 6.31. The molecule has 4 atom stereocenters. The molecule has 12 rings (SSSR count). The molecule has 18 heteroatoms. The van der Waals surface area contributed by atoms with Gasteiger partial charge in [0.25, 0.3) is 0 Å². The van der Waals surface area contributed by atoms with E-state index in [0.29, 0.717) is 102 Å². The van der Waals surface area contributed by atoms with Gasteiger partial charge in [-0.05, 0) is 12.3 Å². The molecule has 2 fully saturated rings. The Morgan fingerprint density at radius 2 is 0.887 bits per heavy atom. The van der Waals surface area contributed by atoms with Crippen LogP contribution in [0.25, 0.3) is 29.3 Å². The van der Waals surface area contributed by atoms with Crippen LogP contribution in [0.5, 0.6) is 46.0 Å². The Hall–Kier alpha value is -3.10. The van der Waals surface area contributed by atoms with Gasteiger partial charge in [-0.25, -0.2) is 0 Å². The van der Waals surface area contributed by atoms with Crippen molar-refractivity contribution >= 4 is 78.7 Å². The zero-order valence-electron chi connectivity index (χ0n) is 34.9. The van der Waals surface area contributed by atoms with Crippen LogP contribution in [-0.4, -0.2) is 96.7 Å². The summed E-state index contributed by atoms with van der Waals surface area (Å²) in [5.74, 6) is 8.13. The first-order valence-electron chi connectivity index (χ1n) is 21.3. The first-order chi connectivity index (χ1) is 30.3. The largest absolute Gasteiger partial charge is 0.491 e. The van der Waals surface area contributed by atoms with E-state index < -0.39 is 0 Å². The number of hydrogen-bond acceptors (Lipinski definition) is 18. The van der Waals surface area contributed by atoms with E-state index in [9.17, 15) is 0 Å². The van der Waals surface area contributed by atoms with Crippen molar-refractivity contribution in [2.45, 2.75) is 69.2 Å². The van der Waals surface area contributed by atoms with Gasteiger partial charge in [0.05, 0.1) is 67.3 Å². The van der Waals surface area contributed by atoms with Gasteiger partial charge in [0.1, 0.15) is 89.8 Å². The third-order valence-corrected chi connectivity index (χ3v) is 21.1. The van der Waals surface area contributed by atoms with Crippen LogP contribution < -0.4 is 37.9 Å². The van der Waals surface area contributed by atoms with Gasteiger partial charge in [-0.15, -0.1) is 68.9 Å². The minimum absolute atomic E-state index is 0.0859. The lowest BCUT2D eigenvalue weighted by Crippen LogP contribution is -2.34. The Balaban J connectivity index is 0.961. The Morgan fingerprint density at radius 3 is 1.47 bits per heavy atom. The van der Waals surface area contributed by atoms with E-state index in [1.807, 2.05) is 11.8 Å². The van der Waals surface area contributed by atoms with E-state index in [1.54, 1.807) is 57.1 Å². The van der Waals surface area contributed by atoms with E-state index in [1.165, 1.54) is 4.88 Å². The fourth-order valence-electron chi connectivity index (χ4n) is 8.85. The lowest BCUT2D eigenvalue weighted by molar-refractivity contribution is -0.0428. The fourth-order valence-corrected chi connectivity index (χ4v) is 17.4. The molecule has 4 aromatic heterocycles. The average molecular weight is 959 g/mol. The summed E-state index contributed by atoms with van der Waals surface area (Å²) >= 11 is 10.3. The normalized spacial score (nSPS) is 24.9. The van der Waals surface area contributed by atoms with Gasteiger partial charge < -0.3 is 56.8 Å². The summed E-state index contributed by atoms with van der Waals surface area (Å²) < 4.78 is 77.7. The summed E-state index contributed by atoms with van der Waals surface area (Å²) in [5.41, 5.74) is -0.0859. The fraction of sp³-hybridized carbons (Fsp3) is 0.545. The van der Waals surface area contributed by atoms with Crippen LogP contribution in [0.4, 0.5) is 0 Å². The van der Waals surface area contributed by atoms with Gasteiger partial charge in [0.2, 0.25) is 0 Å². The van der Waals surface area contributed by atoms with E-state index in [4.69, 9.17) is 56.8 Å². The number of ether oxygens (including phenoxy) is 12. The molecule has 330 valence electrons. The molecule has 0 radical (unpaired) electrons. The molecule has 4 aromatic rings. The monoisotopic (exact) mass is 958 g/mol. The second kappa shape index (κ2) is 15.8. The van der Waals surface area contributed by atoms with E-state index in [2.05, 4.69) is 34.6 Å². The first kappa shape index (κ1) is 40.4. The van der Waals surface area contributed by atoms with E-state index in [-0.39, 0.29) is 28.1 Å². The summed E-state index contributed by atoms with van der Waals surface area (Å²) in [6, 6.07) is 0. The Labute approximate surface area is 384 Å². The van der Waals surface area contributed by atoms with Crippen LogP contribution in [-0.2, 0) is 24.4 Å². The second-order valence-electron chi connectivity index (χ2n) is 16.8. The van der Waals surface area contributed by atoms with Crippen LogP contribution in [0.2, 0.25) is 0 Å². The molecule has 62 heavy (non-hydrogen) atoms. The molecule has 0 N–H and O–H groups in total. The van der Waals surface area contributed by atoms with Crippen molar-refractivity contribution in [1.82, 2.24) is 0 Å². The van der Waals surface area contributed by atoms with Crippen molar-refractivity contribution in [1.29, 1.82) is 0 Å². The van der Waals surface area contributed by atoms with Crippen LogP contribution in [0.1, 0.15) is 65.8 Å². The van der Waals surface area contributed by atoms with Crippen LogP contribution in [0.15, 0.2) is 11.5 Å². The van der Waals surface area contributed by atoms with Crippen LogP contribution in [0, 0.1) is 5.92 Å². The highest BCUT2D eigenvalue weighted by Crippen LogP contribution is 2.68. The molecule has 2 saturated heterocycles. The maximum atomic E-state index is 6.62. The van der Waals surface area contributed by atoms with Gasteiger partial charge in [0.15, 0.2) is 46.0 Å². The highest BCUT2D eigenvalue weighted by Gasteiger charge is 2.49. The summed E-state index contributed by atoms with van der Waals surface area (Å²) in [5, 5.41) is 0.0760. The van der Waals surface area contributed by atoms with Crippen LogP contribution >= 0.6 is 68.9 Å². The summed E-state index contributed by atoms with van der Waals surface area (Å²) in [4.78, 5) is 10.1. The summed E-state index contributed by atoms with van der Waals surface area (Å²) in [6.45, 7) is 17.0. The molecule has 0 bridgehead atoms. The molecule has 12 heterocycles. The van der Waals surface area contributed by atoms with Crippen molar-refractivity contribution in [2.75, 3.05) is 79.3 Å². The Bertz CT molecular complexity index is 2510. The Morgan fingerprint density at radius 1 is 0.468 bits per heavy atom. The molecule has 8 aliphatic heterocycles. The zero-order valence-corrected chi connectivity index (χ0v) is 39.8. The molecule has 12 nitrogen and oxygen atoms in total. The molecule has 0 aromatic carbocycles. The molecule has 0 spiro atoms. The molecule has 8 aliphatic rings. The first-order valence-corrected chi connectivity index (χ1v) is 26.3. The molecule has 0 amide bonds. The zero-order chi connectivity index (χ0) is 41.9. The van der Waals surface area contributed by atoms with Crippen LogP contribution in [0.3, 0.4) is 0 Å². The highest BCUT2D eigenvalue weighted by molar-refractivity contribution is 8.09. The minimum Gasteiger partial charge on any atom is -0.491 e. The van der Waals surface area contributed by atoms with Gasteiger partial charge in [-0.1, -0.05) is 34.6 Å². The second-order valence-corrected chi connectivity index (χ2v) is 23.2. The van der Waals surface area contributed by atoms with E-state index in [0.717, 1.165) is 90.6 Å². The summed E-state index contributed by atoms with van der Waals surface area (Å²) in [7, 11) is 0. The highest BCUT2D eigenvalue weighted by atomic mass is 32.2. The number of thiophene rings is 4. The number of rotatable bonds is 8. The maximum absolute atomic E-state index is 6.62. The van der Waals surface area contributed by atoms with Gasteiger partial charge >= 0.3 is 0 Å². The van der Waals surface area contributed by atoms with Crippen molar-refractivity contribution in [3.8, 4) is 65.5 Å². The standard InChI is InChI=1S/C44H46O12S6/c1-6-44(4,5)43-31-30(55-17-18-56-31)42(62-43)41-29-28(53-15-16-54-29)40(61-41)39-27-26(51-13-14-52-27)38(60-39)37-25-24(49-11-12-50-25)36(59-37)35-23-22(47-9-10-48-23)34(58-35)33-21-20(45-7-8-46-21)32(57-33)19(2)3/h19-20,28,32,40H,6-18H2,1-5H3. The molecule has 4 unspecified atom stereocenters. The number of hydrogen-bond donors (Lipinski definition) is 0. The smallest absolute Gasteiger partial charge is 0.181 e.